The van der Waals surface area contributed by atoms with Crippen LogP contribution in [0.1, 0.15) is 163 Å². The molecular formula is C48H76N2O4. The monoisotopic (exact) mass is 745 g/mol. The Morgan fingerprint density at radius 2 is 1.59 bits per heavy atom. The number of rotatable bonds is 14. The number of nitrogens with one attached hydrogen (secondary N) is 1. The van der Waals surface area contributed by atoms with E-state index in [2.05, 4.69) is 65.1 Å². The Morgan fingerprint density at radius 1 is 0.889 bits per heavy atom. The Balaban J connectivity index is 1.17. The van der Waals surface area contributed by atoms with Crippen LogP contribution in [0.2, 0.25) is 0 Å². The van der Waals surface area contributed by atoms with E-state index in [1.54, 1.807) is 0 Å². The number of aliphatic hydroxyl groups is 2. The molecule has 5 aliphatic carbocycles. The summed E-state index contributed by atoms with van der Waals surface area (Å²) in [6.45, 7) is 14.4. The lowest BCUT2D eigenvalue weighted by Gasteiger charge is -2.62. The average Bonchev–Trinajstić information content (AvgIpc) is 3.50. The van der Waals surface area contributed by atoms with Crippen molar-refractivity contribution in [3.8, 4) is 0 Å². The summed E-state index contributed by atoms with van der Waals surface area (Å²) in [7, 11) is 0. The molecule has 1 aromatic rings. The molecule has 5 fully saturated rings. The Bertz CT molecular complexity index is 1420. The van der Waals surface area contributed by atoms with E-state index in [0.717, 1.165) is 76.2 Å². The lowest BCUT2D eigenvalue weighted by molar-refractivity contribution is -0.174. The second kappa shape index (κ2) is 18.0. The summed E-state index contributed by atoms with van der Waals surface area (Å²) in [5.74, 6) is 3.22. The minimum atomic E-state index is -0.487. The maximum atomic E-state index is 14.7. The minimum absolute atomic E-state index is 0.0330. The van der Waals surface area contributed by atoms with Gasteiger partial charge in [-0.25, -0.2) is 0 Å². The fourth-order valence-corrected chi connectivity index (χ4v) is 13.1. The van der Waals surface area contributed by atoms with E-state index in [4.69, 9.17) is 0 Å². The van der Waals surface area contributed by atoms with Crippen LogP contribution >= 0.6 is 0 Å². The molecule has 5 saturated carbocycles. The van der Waals surface area contributed by atoms with Crippen molar-refractivity contribution in [2.45, 2.75) is 188 Å². The molecule has 0 spiro atoms. The van der Waals surface area contributed by atoms with Crippen molar-refractivity contribution in [1.82, 2.24) is 10.2 Å². The molecule has 6 heteroatoms. The van der Waals surface area contributed by atoms with Gasteiger partial charge in [-0.3, -0.25) is 9.59 Å². The molecule has 3 N–H and O–H groups in total. The standard InChI is InChI=1S/C48H76N2O4/c1-32(2)14-13-15-33(3)28-42(46(54)49-37-18-11-8-12-19-37)50(31-35-16-9-7-10-17-35)44(53)23-20-34(4)39-21-22-40-45-41(25-27-48(39,40)6)47(5)26-24-38(51)29-36(47)30-43(45)52/h7,9-10,14,16-17,33-34,36-43,45,51-52H,8,11-13,15,18-31H2,1-6H3,(H,49,54)/t33?,34-,36+,38-,39-,40+,41+,42?,43+,45+,47+,48-/m1/s1. The molecule has 0 bridgehead atoms. The zero-order chi connectivity index (χ0) is 38.6. The largest absolute Gasteiger partial charge is 0.393 e. The van der Waals surface area contributed by atoms with E-state index in [1.807, 2.05) is 23.1 Å². The van der Waals surface area contributed by atoms with Crippen molar-refractivity contribution >= 4 is 11.8 Å². The summed E-state index contributed by atoms with van der Waals surface area (Å²) in [6.07, 6.45) is 19.8. The molecule has 6 nitrogen and oxygen atoms in total. The number of aliphatic hydroxyl groups excluding tert-OH is 2. The first-order chi connectivity index (χ1) is 25.8. The summed E-state index contributed by atoms with van der Waals surface area (Å²) in [6, 6.07) is 9.98. The molecule has 2 amide bonds. The lowest BCUT2D eigenvalue weighted by Crippen LogP contribution is -2.58. The van der Waals surface area contributed by atoms with Gasteiger partial charge in [0, 0.05) is 19.0 Å². The molecule has 0 aliphatic heterocycles. The van der Waals surface area contributed by atoms with Gasteiger partial charge in [0.1, 0.15) is 6.04 Å². The van der Waals surface area contributed by atoms with E-state index in [-0.39, 0.29) is 40.9 Å². The highest BCUT2D eigenvalue weighted by molar-refractivity contribution is 5.88. The van der Waals surface area contributed by atoms with Crippen LogP contribution in [0.5, 0.6) is 0 Å². The molecule has 2 unspecified atom stereocenters. The van der Waals surface area contributed by atoms with Crippen molar-refractivity contribution in [3.05, 3.63) is 47.5 Å². The van der Waals surface area contributed by atoms with Crippen molar-refractivity contribution in [3.63, 3.8) is 0 Å². The van der Waals surface area contributed by atoms with Gasteiger partial charge in [-0.05, 0) is 162 Å². The van der Waals surface area contributed by atoms with Gasteiger partial charge in [0.15, 0.2) is 0 Å². The second-order valence-corrected chi connectivity index (χ2v) is 20.0. The summed E-state index contributed by atoms with van der Waals surface area (Å²) in [5, 5.41) is 25.7. The fourth-order valence-electron chi connectivity index (χ4n) is 13.1. The minimum Gasteiger partial charge on any atom is -0.393 e. The molecule has 0 radical (unpaired) electrons. The van der Waals surface area contributed by atoms with Gasteiger partial charge < -0.3 is 20.4 Å². The number of allylic oxidation sites excluding steroid dienone is 2. The maximum absolute atomic E-state index is 14.7. The molecule has 54 heavy (non-hydrogen) atoms. The first-order valence-corrected chi connectivity index (χ1v) is 22.4. The SMILES string of the molecule is CC(C)=CCCC(C)CC(C(=O)NC1CCCCC1)N(Cc1ccccc1)C(=O)CC[C@@H](C)[C@H]1CC[C@H]2[C@@H]3[C@@H](O)C[C@@H]4C[C@H](O)CC[C@]4(C)[C@H]3CC[C@]12C. The van der Waals surface area contributed by atoms with Gasteiger partial charge in [0.05, 0.1) is 12.2 Å². The third-order valence-electron chi connectivity index (χ3n) is 16.2. The molecular weight excluding hydrogens is 669 g/mol. The van der Waals surface area contributed by atoms with Gasteiger partial charge in [0.25, 0.3) is 0 Å². The van der Waals surface area contributed by atoms with Gasteiger partial charge in [-0.1, -0.05) is 88.9 Å². The van der Waals surface area contributed by atoms with Crippen molar-refractivity contribution in [1.29, 1.82) is 0 Å². The van der Waals surface area contributed by atoms with Crippen LogP contribution in [0.25, 0.3) is 0 Å². The molecule has 302 valence electrons. The van der Waals surface area contributed by atoms with E-state index >= 15 is 0 Å². The zero-order valence-electron chi connectivity index (χ0n) is 34.9. The van der Waals surface area contributed by atoms with Crippen LogP contribution in [0, 0.1) is 52.3 Å². The summed E-state index contributed by atoms with van der Waals surface area (Å²) < 4.78 is 0. The van der Waals surface area contributed by atoms with Gasteiger partial charge >= 0.3 is 0 Å². The predicted molar refractivity (Wildman–Crippen MR) is 219 cm³/mol. The van der Waals surface area contributed by atoms with Crippen LogP contribution in [-0.2, 0) is 16.1 Å². The summed E-state index contributed by atoms with van der Waals surface area (Å²) >= 11 is 0. The quantitative estimate of drug-likeness (QED) is 0.166. The van der Waals surface area contributed by atoms with Crippen LogP contribution in [0.15, 0.2) is 42.0 Å². The summed E-state index contributed by atoms with van der Waals surface area (Å²) in [4.78, 5) is 30.9. The van der Waals surface area contributed by atoms with Gasteiger partial charge in [-0.15, -0.1) is 0 Å². The number of benzene rings is 1. The van der Waals surface area contributed by atoms with Crippen LogP contribution in [0.3, 0.4) is 0 Å². The maximum Gasteiger partial charge on any atom is 0.243 e. The highest BCUT2D eigenvalue weighted by Gasteiger charge is 2.62. The second-order valence-electron chi connectivity index (χ2n) is 20.0. The number of nitrogens with zero attached hydrogens (tertiary/aromatic N) is 1. The highest BCUT2D eigenvalue weighted by atomic mass is 16.3. The zero-order valence-corrected chi connectivity index (χ0v) is 34.9. The van der Waals surface area contributed by atoms with Crippen LogP contribution in [-0.4, -0.2) is 51.2 Å². The first-order valence-electron chi connectivity index (χ1n) is 22.4. The third-order valence-corrected chi connectivity index (χ3v) is 16.2. The number of hydrogen-bond acceptors (Lipinski definition) is 4. The summed E-state index contributed by atoms with van der Waals surface area (Å²) in [5.41, 5.74) is 2.80. The molecule has 0 saturated heterocycles. The number of fused-ring (bicyclic) bond motifs is 5. The number of carbonyl (C=O) groups excluding carboxylic acids is 2. The average molecular weight is 745 g/mol. The molecule has 12 atom stereocenters. The predicted octanol–water partition coefficient (Wildman–Crippen LogP) is 10.0. The Kier molecular flexibility index (Phi) is 13.8. The number of amides is 2. The van der Waals surface area contributed by atoms with E-state index in [1.165, 1.54) is 37.7 Å². The van der Waals surface area contributed by atoms with Crippen LogP contribution < -0.4 is 5.32 Å². The first kappa shape index (κ1) is 41.5. The molecule has 1 aromatic carbocycles. The molecule has 5 aliphatic rings. The third kappa shape index (κ3) is 9.17. The highest BCUT2D eigenvalue weighted by Crippen LogP contribution is 2.68. The molecule has 6 rings (SSSR count). The van der Waals surface area contributed by atoms with E-state index in [9.17, 15) is 19.8 Å². The van der Waals surface area contributed by atoms with E-state index in [0.29, 0.717) is 60.8 Å². The Morgan fingerprint density at radius 3 is 2.31 bits per heavy atom. The number of carbonyl (C=O) groups is 2. The van der Waals surface area contributed by atoms with Crippen molar-refractivity contribution in [2.24, 2.45) is 52.3 Å². The van der Waals surface area contributed by atoms with Gasteiger partial charge in [0.2, 0.25) is 11.8 Å². The Labute approximate surface area is 328 Å². The van der Waals surface area contributed by atoms with Crippen molar-refractivity contribution < 1.29 is 19.8 Å². The molecule has 0 heterocycles. The van der Waals surface area contributed by atoms with Crippen LogP contribution in [0.4, 0.5) is 0 Å². The number of hydrogen-bond donors (Lipinski definition) is 3. The van der Waals surface area contributed by atoms with Gasteiger partial charge in [-0.2, -0.15) is 0 Å². The van der Waals surface area contributed by atoms with Crippen molar-refractivity contribution in [2.75, 3.05) is 0 Å². The Hall–Kier alpha value is -2.18. The van der Waals surface area contributed by atoms with E-state index < -0.39 is 6.04 Å². The molecule has 0 aromatic heterocycles. The topological polar surface area (TPSA) is 89.9 Å². The fraction of sp³-hybridized carbons (Fsp3) is 0.792. The lowest BCUT2D eigenvalue weighted by atomic mass is 9.43. The smallest absolute Gasteiger partial charge is 0.243 e. The normalized spacial score (nSPS) is 35.4.